The molecule has 6 nitrogen and oxygen atoms in total. The van der Waals surface area contributed by atoms with Gasteiger partial charge in [-0.3, -0.25) is 4.79 Å². The van der Waals surface area contributed by atoms with Crippen molar-refractivity contribution < 1.29 is 13.6 Å². The summed E-state index contributed by atoms with van der Waals surface area (Å²) in [5.41, 5.74) is 0.484. The Balaban J connectivity index is 1.40. The van der Waals surface area contributed by atoms with E-state index in [0.29, 0.717) is 11.5 Å². The molecule has 2 saturated carbocycles. The first-order valence-corrected chi connectivity index (χ1v) is 9.13. The molecule has 2 bridgehead atoms. The minimum atomic E-state index is -0.702. The number of halogens is 1. The van der Waals surface area contributed by atoms with Crippen LogP contribution in [0.3, 0.4) is 0 Å². The Hall–Kier alpha value is -2.44. The second-order valence-electron chi connectivity index (χ2n) is 7.53. The van der Waals surface area contributed by atoms with Gasteiger partial charge < -0.3 is 9.73 Å². The average Bonchev–Trinajstić information content (AvgIpc) is 3.32. The molecule has 0 spiro atoms. The lowest BCUT2D eigenvalue weighted by atomic mass is 9.84. The molecule has 2 aromatic rings. The molecule has 4 unspecified atom stereocenters. The van der Waals surface area contributed by atoms with E-state index in [0.717, 1.165) is 16.5 Å². The SMILES string of the molecule is CC(NC(=O)Cn1nc(-c2ccc(F)cc2)oc1=O)C1CC2CCC1C2. The molecule has 4 rings (SSSR count). The quantitative estimate of drug-likeness (QED) is 0.890. The van der Waals surface area contributed by atoms with Gasteiger partial charge in [-0.05, 0) is 68.2 Å². The number of carbonyl (C=O) groups excluding carboxylic acids is 1. The van der Waals surface area contributed by atoms with Gasteiger partial charge in [0.05, 0.1) is 0 Å². The molecule has 1 aromatic carbocycles. The maximum absolute atomic E-state index is 13.0. The largest absolute Gasteiger partial charge is 0.437 e. The number of amides is 1. The molecule has 7 heteroatoms. The van der Waals surface area contributed by atoms with Gasteiger partial charge in [0.15, 0.2) is 0 Å². The molecule has 26 heavy (non-hydrogen) atoms. The second kappa shape index (κ2) is 6.70. The van der Waals surface area contributed by atoms with Crippen LogP contribution < -0.4 is 11.1 Å². The first kappa shape index (κ1) is 17.0. The Morgan fingerprint density at radius 1 is 1.35 bits per heavy atom. The fraction of sp³-hybridized carbons (Fsp3) is 0.526. The van der Waals surface area contributed by atoms with Crippen molar-refractivity contribution in [2.75, 3.05) is 0 Å². The van der Waals surface area contributed by atoms with Crippen molar-refractivity contribution in [2.45, 2.75) is 45.2 Å². The maximum atomic E-state index is 13.0. The molecule has 1 aromatic heterocycles. The molecule has 2 aliphatic rings. The van der Waals surface area contributed by atoms with E-state index in [-0.39, 0.29) is 30.2 Å². The van der Waals surface area contributed by atoms with Crippen LogP contribution in [-0.2, 0) is 11.3 Å². The van der Waals surface area contributed by atoms with Crippen molar-refractivity contribution in [3.05, 3.63) is 40.6 Å². The van der Waals surface area contributed by atoms with Gasteiger partial charge in [-0.25, -0.2) is 9.18 Å². The summed E-state index contributed by atoms with van der Waals surface area (Å²) in [5, 5.41) is 7.06. The van der Waals surface area contributed by atoms with Gasteiger partial charge >= 0.3 is 5.76 Å². The molecule has 1 heterocycles. The van der Waals surface area contributed by atoms with Crippen molar-refractivity contribution >= 4 is 5.91 Å². The van der Waals surface area contributed by atoms with E-state index >= 15 is 0 Å². The van der Waals surface area contributed by atoms with Crippen molar-refractivity contribution in [1.29, 1.82) is 0 Å². The Morgan fingerprint density at radius 2 is 2.12 bits per heavy atom. The summed E-state index contributed by atoms with van der Waals surface area (Å²) in [4.78, 5) is 24.3. The van der Waals surface area contributed by atoms with Gasteiger partial charge in [-0.1, -0.05) is 6.42 Å². The van der Waals surface area contributed by atoms with E-state index in [4.69, 9.17) is 4.42 Å². The van der Waals surface area contributed by atoms with Gasteiger partial charge in [0.1, 0.15) is 12.4 Å². The predicted octanol–water partition coefficient (Wildman–Crippen LogP) is 2.58. The summed E-state index contributed by atoms with van der Waals surface area (Å²) >= 11 is 0. The third-order valence-corrected chi connectivity index (χ3v) is 5.81. The summed E-state index contributed by atoms with van der Waals surface area (Å²) in [5.74, 6) is 0.805. The fourth-order valence-electron chi connectivity index (χ4n) is 4.56. The molecule has 1 N–H and O–H groups in total. The molecule has 1 amide bonds. The lowest BCUT2D eigenvalue weighted by Gasteiger charge is -2.28. The Labute approximate surface area is 150 Å². The molecule has 0 aliphatic heterocycles. The molecular weight excluding hydrogens is 337 g/mol. The Kier molecular flexibility index (Phi) is 4.38. The van der Waals surface area contributed by atoms with Crippen LogP contribution in [0.25, 0.3) is 11.5 Å². The normalized spacial score (nSPS) is 25.4. The summed E-state index contributed by atoms with van der Waals surface area (Å²) in [6.45, 7) is 1.85. The van der Waals surface area contributed by atoms with Gasteiger partial charge in [0, 0.05) is 11.6 Å². The van der Waals surface area contributed by atoms with Crippen LogP contribution in [0.4, 0.5) is 4.39 Å². The number of benzene rings is 1. The van der Waals surface area contributed by atoms with Crippen molar-refractivity contribution in [3.63, 3.8) is 0 Å². The number of aromatic nitrogens is 2. The van der Waals surface area contributed by atoms with E-state index < -0.39 is 5.76 Å². The first-order valence-electron chi connectivity index (χ1n) is 9.13. The topological polar surface area (TPSA) is 77.1 Å². The van der Waals surface area contributed by atoms with E-state index in [1.54, 1.807) is 0 Å². The number of nitrogens with one attached hydrogen (secondary N) is 1. The van der Waals surface area contributed by atoms with Crippen molar-refractivity contribution in [3.8, 4) is 11.5 Å². The molecule has 0 radical (unpaired) electrons. The van der Waals surface area contributed by atoms with Crippen LogP contribution in [0, 0.1) is 23.6 Å². The van der Waals surface area contributed by atoms with Gasteiger partial charge in [-0.15, -0.1) is 5.10 Å². The molecule has 4 atom stereocenters. The summed E-state index contributed by atoms with van der Waals surface area (Å²) in [6, 6.07) is 5.57. The standard InChI is InChI=1S/C19H22FN3O3/c1-11(16-9-12-2-3-14(16)8-12)21-17(24)10-23-19(25)26-18(22-23)13-4-6-15(20)7-5-13/h4-7,11-12,14,16H,2-3,8-10H2,1H3,(H,21,24). The summed E-state index contributed by atoms with van der Waals surface area (Å²) in [6.07, 6.45) is 5.06. The highest BCUT2D eigenvalue weighted by Gasteiger charge is 2.42. The van der Waals surface area contributed by atoms with Crippen LogP contribution in [0.1, 0.15) is 32.6 Å². The zero-order valence-electron chi connectivity index (χ0n) is 14.7. The highest BCUT2D eigenvalue weighted by molar-refractivity contribution is 5.76. The Morgan fingerprint density at radius 3 is 2.77 bits per heavy atom. The summed E-state index contributed by atoms with van der Waals surface area (Å²) in [7, 11) is 0. The van der Waals surface area contributed by atoms with Crippen molar-refractivity contribution in [1.82, 2.24) is 15.1 Å². The highest BCUT2D eigenvalue weighted by atomic mass is 19.1. The zero-order valence-corrected chi connectivity index (χ0v) is 14.7. The molecule has 138 valence electrons. The van der Waals surface area contributed by atoms with Crippen LogP contribution in [-0.4, -0.2) is 21.7 Å². The monoisotopic (exact) mass is 359 g/mol. The third-order valence-electron chi connectivity index (χ3n) is 5.81. The van der Waals surface area contributed by atoms with Crippen molar-refractivity contribution in [2.24, 2.45) is 17.8 Å². The average molecular weight is 359 g/mol. The van der Waals surface area contributed by atoms with Gasteiger partial charge in [0.25, 0.3) is 0 Å². The van der Waals surface area contributed by atoms with Gasteiger partial charge in [0.2, 0.25) is 11.8 Å². The molecule has 0 saturated heterocycles. The van der Waals surface area contributed by atoms with E-state index in [9.17, 15) is 14.0 Å². The van der Waals surface area contributed by atoms with E-state index in [1.165, 1.54) is 49.9 Å². The first-order chi connectivity index (χ1) is 12.5. The zero-order chi connectivity index (χ0) is 18.3. The third kappa shape index (κ3) is 3.30. The minimum Gasteiger partial charge on any atom is -0.388 e. The Bertz CT molecular complexity index is 858. The fourth-order valence-corrected chi connectivity index (χ4v) is 4.56. The number of rotatable bonds is 5. The highest BCUT2D eigenvalue weighted by Crippen LogP contribution is 2.49. The summed E-state index contributed by atoms with van der Waals surface area (Å²) < 4.78 is 19.1. The smallest absolute Gasteiger partial charge is 0.388 e. The van der Waals surface area contributed by atoms with Crippen LogP contribution >= 0.6 is 0 Å². The molecule has 2 fully saturated rings. The predicted molar refractivity (Wildman–Crippen MR) is 92.7 cm³/mol. The minimum absolute atomic E-state index is 0.0731. The van der Waals surface area contributed by atoms with Crippen LogP contribution in [0.5, 0.6) is 0 Å². The molecular formula is C19H22FN3O3. The second-order valence-corrected chi connectivity index (χ2v) is 7.53. The van der Waals surface area contributed by atoms with Crippen LogP contribution in [0.15, 0.2) is 33.5 Å². The lowest BCUT2D eigenvalue weighted by Crippen LogP contribution is -2.42. The molecule has 2 aliphatic carbocycles. The maximum Gasteiger partial charge on any atom is 0.437 e. The number of fused-ring (bicyclic) bond motifs is 2. The van der Waals surface area contributed by atoms with Gasteiger partial charge in [-0.2, -0.15) is 4.68 Å². The van der Waals surface area contributed by atoms with Crippen LogP contribution in [0.2, 0.25) is 0 Å². The van der Waals surface area contributed by atoms with E-state index in [2.05, 4.69) is 10.4 Å². The number of carbonyl (C=O) groups is 1. The number of hydrogen-bond donors (Lipinski definition) is 1. The lowest BCUT2D eigenvalue weighted by molar-refractivity contribution is -0.123. The van der Waals surface area contributed by atoms with E-state index in [1.807, 2.05) is 6.92 Å². The number of nitrogens with zero attached hydrogens (tertiary/aromatic N) is 2. The number of hydrogen-bond acceptors (Lipinski definition) is 4.